The highest BCUT2D eigenvalue weighted by molar-refractivity contribution is 7.85. The Kier molecular flexibility index (Phi) is 5.06. The lowest BCUT2D eigenvalue weighted by molar-refractivity contribution is 0.194. The Morgan fingerprint density at radius 1 is 1.57 bits per heavy atom. The van der Waals surface area contributed by atoms with Crippen molar-refractivity contribution in [2.45, 2.75) is 50.5 Å². The summed E-state index contributed by atoms with van der Waals surface area (Å²) in [5.74, 6) is 0.411. The van der Waals surface area contributed by atoms with Crippen LogP contribution in [0.3, 0.4) is 0 Å². The summed E-state index contributed by atoms with van der Waals surface area (Å²) >= 11 is 0. The van der Waals surface area contributed by atoms with Gasteiger partial charge in [0.2, 0.25) is 0 Å². The van der Waals surface area contributed by atoms with E-state index >= 15 is 0 Å². The first-order valence-corrected chi connectivity index (χ1v) is 6.80. The van der Waals surface area contributed by atoms with Crippen LogP contribution >= 0.6 is 0 Å². The van der Waals surface area contributed by atoms with E-state index in [0.717, 1.165) is 6.42 Å². The second-order valence-electron chi connectivity index (χ2n) is 4.10. The normalized spacial score (nSPS) is 23.1. The Morgan fingerprint density at radius 2 is 2.21 bits per heavy atom. The highest BCUT2D eigenvalue weighted by Gasteiger charge is 2.22. The van der Waals surface area contributed by atoms with Crippen molar-refractivity contribution in [3.63, 3.8) is 0 Å². The van der Waals surface area contributed by atoms with Gasteiger partial charge in [-0.05, 0) is 19.3 Å². The Hall–Kier alpha value is 0.0700. The summed E-state index contributed by atoms with van der Waals surface area (Å²) in [5, 5.41) is 13.0. The molecule has 0 aromatic rings. The summed E-state index contributed by atoms with van der Waals surface area (Å²) in [4.78, 5) is 0. The Bertz CT molecular complexity index is 195. The number of rotatable bonds is 7. The van der Waals surface area contributed by atoms with Crippen LogP contribution in [-0.2, 0) is 10.8 Å². The van der Waals surface area contributed by atoms with Gasteiger partial charge in [-0.2, -0.15) is 0 Å². The maximum atomic E-state index is 11.6. The van der Waals surface area contributed by atoms with Gasteiger partial charge in [-0.15, -0.1) is 0 Å². The number of hydrogen-bond donors (Lipinski definition) is 2. The molecule has 1 aliphatic carbocycles. The van der Waals surface area contributed by atoms with Crippen molar-refractivity contribution >= 4 is 10.8 Å². The number of aliphatic hydroxyl groups excluding tert-OH is 1. The van der Waals surface area contributed by atoms with Crippen molar-refractivity contribution in [1.29, 1.82) is 0 Å². The van der Waals surface area contributed by atoms with Crippen molar-refractivity contribution in [1.82, 2.24) is 5.32 Å². The van der Waals surface area contributed by atoms with E-state index in [9.17, 15) is 9.32 Å². The molecule has 0 spiro atoms. The molecule has 0 heterocycles. The fraction of sp³-hybridized carbons (Fsp3) is 1.00. The van der Waals surface area contributed by atoms with Crippen LogP contribution < -0.4 is 5.32 Å². The highest BCUT2D eigenvalue weighted by Crippen LogP contribution is 2.18. The molecule has 0 aliphatic heterocycles. The minimum absolute atomic E-state index is 0.200. The van der Waals surface area contributed by atoms with E-state index in [2.05, 4.69) is 5.32 Å². The van der Waals surface area contributed by atoms with E-state index in [1.54, 1.807) is 0 Å². The molecule has 1 fully saturated rings. The molecule has 2 N–H and O–H groups in total. The van der Waals surface area contributed by atoms with Gasteiger partial charge < -0.3 is 10.4 Å². The topological polar surface area (TPSA) is 49.3 Å². The average Bonchev–Trinajstić information content (AvgIpc) is 2.96. The minimum atomic E-state index is -0.879. The van der Waals surface area contributed by atoms with Gasteiger partial charge in [0.25, 0.3) is 0 Å². The first-order chi connectivity index (χ1) is 6.63. The molecular weight excluding hydrogens is 198 g/mol. The maximum absolute atomic E-state index is 11.6. The largest absolute Gasteiger partial charge is 0.391 e. The van der Waals surface area contributed by atoms with Crippen LogP contribution in [0.4, 0.5) is 0 Å². The number of hydrogen-bond acceptors (Lipinski definition) is 3. The molecule has 1 aliphatic rings. The fourth-order valence-electron chi connectivity index (χ4n) is 1.19. The van der Waals surface area contributed by atoms with Crippen molar-refractivity contribution in [2.24, 2.45) is 0 Å². The van der Waals surface area contributed by atoms with Gasteiger partial charge in [0.05, 0.1) is 11.9 Å². The molecule has 14 heavy (non-hydrogen) atoms. The fourth-order valence-corrected chi connectivity index (χ4v) is 2.39. The van der Waals surface area contributed by atoms with Gasteiger partial charge in [0.15, 0.2) is 0 Å². The van der Waals surface area contributed by atoms with E-state index in [1.165, 1.54) is 12.8 Å². The molecule has 0 aromatic carbocycles. The zero-order valence-corrected chi connectivity index (χ0v) is 9.85. The molecule has 0 amide bonds. The third-order valence-corrected chi connectivity index (χ3v) is 4.54. The van der Waals surface area contributed by atoms with Crippen molar-refractivity contribution < 1.29 is 9.32 Å². The Labute approximate surface area is 88.7 Å². The third-order valence-electron chi connectivity index (χ3n) is 2.60. The average molecular weight is 219 g/mol. The minimum Gasteiger partial charge on any atom is -0.391 e. The molecule has 1 saturated carbocycles. The van der Waals surface area contributed by atoms with Crippen LogP contribution in [-0.4, -0.2) is 39.0 Å². The van der Waals surface area contributed by atoms with E-state index in [4.69, 9.17) is 0 Å². The SMILES string of the molecule is CCC(C)S(=O)CC(O)CNC1CC1. The van der Waals surface area contributed by atoms with E-state index in [-0.39, 0.29) is 5.25 Å². The lowest BCUT2D eigenvalue weighted by Crippen LogP contribution is -2.33. The molecule has 3 unspecified atom stereocenters. The molecule has 0 aromatic heterocycles. The molecule has 84 valence electrons. The summed E-state index contributed by atoms with van der Waals surface area (Å²) in [6, 6.07) is 0.613. The van der Waals surface area contributed by atoms with E-state index < -0.39 is 16.9 Å². The van der Waals surface area contributed by atoms with Gasteiger partial charge in [-0.25, -0.2) is 0 Å². The monoisotopic (exact) mass is 219 g/mol. The summed E-state index contributed by atoms with van der Waals surface area (Å²) in [6.07, 6.45) is 2.91. The van der Waals surface area contributed by atoms with E-state index in [0.29, 0.717) is 18.3 Å². The smallest absolute Gasteiger partial charge is 0.0779 e. The van der Waals surface area contributed by atoms with Gasteiger partial charge in [-0.3, -0.25) is 4.21 Å². The molecule has 0 saturated heterocycles. The molecule has 3 atom stereocenters. The van der Waals surface area contributed by atoms with E-state index in [1.807, 2.05) is 13.8 Å². The van der Waals surface area contributed by atoms with Crippen LogP contribution in [0, 0.1) is 0 Å². The standard InChI is InChI=1S/C10H21NO2S/c1-3-8(2)14(13)7-10(12)6-11-9-4-5-9/h8-12H,3-7H2,1-2H3. The summed E-state index contributed by atoms with van der Waals surface area (Å²) in [7, 11) is -0.879. The first-order valence-electron chi connectivity index (χ1n) is 5.42. The van der Waals surface area contributed by atoms with Crippen molar-refractivity contribution in [3.8, 4) is 0 Å². The summed E-state index contributed by atoms with van der Waals surface area (Å²) in [6.45, 7) is 4.58. The summed E-state index contributed by atoms with van der Waals surface area (Å²) < 4.78 is 11.6. The number of nitrogens with one attached hydrogen (secondary N) is 1. The Balaban J connectivity index is 2.10. The lowest BCUT2D eigenvalue weighted by atomic mass is 10.4. The quantitative estimate of drug-likeness (QED) is 0.661. The predicted molar refractivity (Wildman–Crippen MR) is 59.8 cm³/mol. The second kappa shape index (κ2) is 5.83. The van der Waals surface area contributed by atoms with Crippen molar-refractivity contribution in [3.05, 3.63) is 0 Å². The zero-order chi connectivity index (χ0) is 10.6. The van der Waals surface area contributed by atoms with Crippen LogP contribution in [0.2, 0.25) is 0 Å². The highest BCUT2D eigenvalue weighted by atomic mass is 32.2. The maximum Gasteiger partial charge on any atom is 0.0779 e. The lowest BCUT2D eigenvalue weighted by Gasteiger charge is -2.14. The molecule has 0 radical (unpaired) electrons. The Morgan fingerprint density at radius 3 is 2.71 bits per heavy atom. The molecular formula is C10H21NO2S. The van der Waals surface area contributed by atoms with Crippen LogP contribution in [0.25, 0.3) is 0 Å². The predicted octanol–water partition coefficient (Wildman–Crippen LogP) is 0.646. The van der Waals surface area contributed by atoms with Crippen LogP contribution in [0.15, 0.2) is 0 Å². The van der Waals surface area contributed by atoms with Gasteiger partial charge in [-0.1, -0.05) is 13.8 Å². The molecule has 3 nitrogen and oxygen atoms in total. The second-order valence-corrected chi connectivity index (χ2v) is 6.00. The first kappa shape index (κ1) is 12.1. The van der Waals surface area contributed by atoms with Crippen LogP contribution in [0.1, 0.15) is 33.1 Å². The molecule has 0 bridgehead atoms. The van der Waals surface area contributed by atoms with Crippen LogP contribution in [0.5, 0.6) is 0 Å². The van der Waals surface area contributed by atoms with Crippen molar-refractivity contribution in [2.75, 3.05) is 12.3 Å². The zero-order valence-electron chi connectivity index (χ0n) is 9.03. The van der Waals surface area contributed by atoms with Gasteiger partial charge in [0.1, 0.15) is 0 Å². The summed E-state index contributed by atoms with van der Waals surface area (Å²) in [5.41, 5.74) is 0. The molecule has 1 rings (SSSR count). The van der Waals surface area contributed by atoms with Gasteiger partial charge >= 0.3 is 0 Å². The third kappa shape index (κ3) is 4.53. The number of aliphatic hydroxyl groups is 1. The van der Waals surface area contributed by atoms with Gasteiger partial charge in [0, 0.05) is 28.6 Å². The molecule has 4 heteroatoms.